The number of rotatable bonds is 10. The average Bonchev–Trinajstić information content (AvgIpc) is 2.55. The molecule has 1 aromatic carbocycles. The predicted octanol–water partition coefficient (Wildman–Crippen LogP) is 6.23. The zero-order valence-corrected chi connectivity index (χ0v) is 14.4. The quantitative estimate of drug-likeness (QED) is 0.232. The standard InChI is InChI=1S/C21H30O2/c1-3-5-7-9-10-12-15-18(14-11-8-6-4-2)19-16-13-17-20(22)21(19)23/h3,5,7,9,12-13,15-18,22-23H,4,6,8,10-11,14H2,1-2H3. The summed E-state index contributed by atoms with van der Waals surface area (Å²) in [5, 5.41) is 19.9. The van der Waals surface area contributed by atoms with Crippen molar-refractivity contribution in [2.75, 3.05) is 0 Å². The number of aromatic hydroxyl groups is 2. The molecule has 1 rings (SSSR count). The molecule has 23 heavy (non-hydrogen) atoms. The highest BCUT2D eigenvalue weighted by atomic mass is 16.3. The molecule has 0 heterocycles. The topological polar surface area (TPSA) is 40.5 Å². The molecule has 0 radical (unpaired) electrons. The summed E-state index contributed by atoms with van der Waals surface area (Å²) in [7, 11) is 0. The smallest absolute Gasteiger partial charge is 0.161 e. The van der Waals surface area contributed by atoms with Gasteiger partial charge in [-0.2, -0.15) is 0 Å². The number of para-hydroxylation sites is 1. The molecule has 126 valence electrons. The third-order valence-electron chi connectivity index (χ3n) is 3.89. The van der Waals surface area contributed by atoms with Crippen LogP contribution >= 0.6 is 0 Å². The van der Waals surface area contributed by atoms with Gasteiger partial charge in [-0.15, -0.1) is 0 Å². The minimum atomic E-state index is -0.0394. The van der Waals surface area contributed by atoms with E-state index in [1.807, 2.05) is 31.2 Å². The molecule has 0 aliphatic carbocycles. The van der Waals surface area contributed by atoms with Gasteiger partial charge in [0.25, 0.3) is 0 Å². The number of unbranched alkanes of at least 4 members (excludes halogenated alkanes) is 3. The van der Waals surface area contributed by atoms with Gasteiger partial charge in [0, 0.05) is 11.5 Å². The summed E-state index contributed by atoms with van der Waals surface area (Å²) in [6.45, 7) is 4.20. The SMILES string of the molecule is CC=CC=CCC=CC(CCCCCC)c1cccc(O)c1O. The maximum atomic E-state index is 10.1. The van der Waals surface area contributed by atoms with E-state index in [-0.39, 0.29) is 17.4 Å². The molecule has 0 bridgehead atoms. The molecule has 0 aliphatic heterocycles. The summed E-state index contributed by atoms with van der Waals surface area (Å²) < 4.78 is 0. The van der Waals surface area contributed by atoms with Crippen LogP contribution in [0.15, 0.2) is 54.7 Å². The molecule has 1 aromatic rings. The highest BCUT2D eigenvalue weighted by Crippen LogP contribution is 2.36. The summed E-state index contributed by atoms with van der Waals surface area (Å²) in [5.74, 6) is 0.124. The van der Waals surface area contributed by atoms with Crippen LogP contribution in [-0.2, 0) is 0 Å². The van der Waals surface area contributed by atoms with E-state index in [4.69, 9.17) is 0 Å². The van der Waals surface area contributed by atoms with Gasteiger partial charge in [-0.1, -0.05) is 81.2 Å². The minimum absolute atomic E-state index is 0.0158. The Kier molecular flexibility index (Phi) is 9.62. The first-order valence-corrected chi connectivity index (χ1v) is 8.66. The van der Waals surface area contributed by atoms with Crippen LogP contribution < -0.4 is 0 Å². The van der Waals surface area contributed by atoms with Gasteiger partial charge in [-0.05, 0) is 25.8 Å². The van der Waals surface area contributed by atoms with Crippen molar-refractivity contribution in [2.45, 2.75) is 58.3 Å². The molecule has 0 saturated heterocycles. The maximum Gasteiger partial charge on any atom is 0.161 e. The second kappa shape index (κ2) is 11.6. The average molecular weight is 314 g/mol. The van der Waals surface area contributed by atoms with E-state index in [1.165, 1.54) is 25.3 Å². The molecule has 1 unspecified atom stereocenters. The Hall–Kier alpha value is -1.96. The van der Waals surface area contributed by atoms with Gasteiger partial charge in [-0.25, -0.2) is 0 Å². The minimum Gasteiger partial charge on any atom is -0.504 e. The first-order valence-electron chi connectivity index (χ1n) is 8.66. The van der Waals surface area contributed by atoms with Gasteiger partial charge in [0.05, 0.1) is 0 Å². The highest BCUT2D eigenvalue weighted by Gasteiger charge is 2.14. The first-order chi connectivity index (χ1) is 11.2. The molecule has 2 nitrogen and oxygen atoms in total. The van der Waals surface area contributed by atoms with Crippen LogP contribution in [0.5, 0.6) is 11.5 Å². The molecule has 1 atom stereocenters. The van der Waals surface area contributed by atoms with E-state index in [0.29, 0.717) is 0 Å². The predicted molar refractivity (Wildman–Crippen MR) is 99.0 cm³/mol. The highest BCUT2D eigenvalue weighted by molar-refractivity contribution is 5.47. The summed E-state index contributed by atoms with van der Waals surface area (Å²) >= 11 is 0. The molecule has 2 N–H and O–H groups in total. The Morgan fingerprint density at radius 1 is 1.04 bits per heavy atom. The second-order valence-electron chi connectivity index (χ2n) is 5.79. The molecule has 0 aromatic heterocycles. The van der Waals surface area contributed by atoms with Crippen LogP contribution in [0.1, 0.15) is 63.9 Å². The van der Waals surface area contributed by atoms with Crippen molar-refractivity contribution in [3.8, 4) is 11.5 Å². The Labute approximate surface area is 140 Å². The van der Waals surface area contributed by atoms with Crippen LogP contribution in [0.25, 0.3) is 0 Å². The van der Waals surface area contributed by atoms with Crippen molar-refractivity contribution in [1.29, 1.82) is 0 Å². The molecule has 0 aliphatic rings. The largest absolute Gasteiger partial charge is 0.504 e. The Morgan fingerprint density at radius 2 is 1.87 bits per heavy atom. The van der Waals surface area contributed by atoms with E-state index in [0.717, 1.165) is 24.8 Å². The van der Waals surface area contributed by atoms with Crippen LogP contribution in [0.3, 0.4) is 0 Å². The first kappa shape index (κ1) is 19.1. The van der Waals surface area contributed by atoms with Crippen molar-refractivity contribution < 1.29 is 10.2 Å². The van der Waals surface area contributed by atoms with Gasteiger partial charge in [0.2, 0.25) is 0 Å². The van der Waals surface area contributed by atoms with Crippen molar-refractivity contribution in [3.05, 3.63) is 60.2 Å². The van der Waals surface area contributed by atoms with Crippen molar-refractivity contribution >= 4 is 0 Å². The van der Waals surface area contributed by atoms with Gasteiger partial charge in [0.15, 0.2) is 11.5 Å². The maximum absolute atomic E-state index is 10.1. The fourth-order valence-electron chi connectivity index (χ4n) is 2.58. The summed E-state index contributed by atoms with van der Waals surface area (Å²) in [6.07, 6.45) is 19.1. The van der Waals surface area contributed by atoms with Crippen LogP contribution in [0.2, 0.25) is 0 Å². The fourth-order valence-corrected chi connectivity index (χ4v) is 2.58. The summed E-state index contributed by atoms with van der Waals surface area (Å²) in [6, 6.07) is 5.22. The lowest BCUT2D eigenvalue weighted by Gasteiger charge is -2.15. The number of benzene rings is 1. The lowest BCUT2D eigenvalue weighted by Crippen LogP contribution is -1.97. The van der Waals surface area contributed by atoms with Crippen LogP contribution in [0, 0.1) is 0 Å². The molecule has 2 heteroatoms. The van der Waals surface area contributed by atoms with Gasteiger partial charge >= 0.3 is 0 Å². The van der Waals surface area contributed by atoms with E-state index >= 15 is 0 Å². The number of hydrogen-bond acceptors (Lipinski definition) is 2. The summed E-state index contributed by atoms with van der Waals surface area (Å²) in [4.78, 5) is 0. The third kappa shape index (κ3) is 7.23. The normalized spacial score (nSPS) is 13.5. The lowest BCUT2D eigenvalue weighted by atomic mass is 9.91. The third-order valence-corrected chi connectivity index (χ3v) is 3.89. The van der Waals surface area contributed by atoms with E-state index in [2.05, 4.69) is 25.2 Å². The Balaban J connectivity index is 2.76. The van der Waals surface area contributed by atoms with Crippen molar-refractivity contribution in [1.82, 2.24) is 0 Å². The molecule has 0 saturated carbocycles. The lowest BCUT2D eigenvalue weighted by molar-refractivity contribution is 0.396. The number of phenolic OH excluding ortho intramolecular Hbond substituents is 2. The Bertz CT molecular complexity index is 527. The van der Waals surface area contributed by atoms with Gasteiger partial charge < -0.3 is 10.2 Å². The zero-order valence-electron chi connectivity index (χ0n) is 14.4. The molecular weight excluding hydrogens is 284 g/mol. The number of phenols is 2. The molecule has 0 spiro atoms. The number of hydrogen-bond donors (Lipinski definition) is 2. The van der Waals surface area contributed by atoms with Crippen LogP contribution in [-0.4, -0.2) is 10.2 Å². The monoisotopic (exact) mass is 314 g/mol. The van der Waals surface area contributed by atoms with Gasteiger partial charge in [0.1, 0.15) is 0 Å². The van der Waals surface area contributed by atoms with E-state index < -0.39 is 0 Å². The van der Waals surface area contributed by atoms with E-state index in [9.17, 15) is 10.2 Å². The zero-order chi connectivity index (χ0) is 16.9. The number of allylic oxidation sites excluding steroid dienone is 6. The van der Waals surface area contributed by atoms with E-state index in [1.54, 1.807) is 6.07 Å². The van der Waals surface area contributed by atoms with Crippen molar-refractivity contribution in [2.24, 2.45) is 0 Å². The van der Waals surface area contributed by atoms with Crippen molar-refractivity contribution in [3.63, 3.8) is 0 Å². The molecule has 0 amide bonds. The molecule has 0 fully saturated rings. The fraction of sp³-hybridized carbons (Fsp3) is 0.429. The molecular formula is C21H30O2. The van der Waals surface area contributed by atoms with Gasteiger partial charge in [-0.3, -0.25) is 0 Å². The second-order valence-corrected chi connectivity index (χ2v) is 5.79. The summed E-state index contributed by atoms with van der Waals surface area (Å²) in [5.41, 5.74) is 0.815. The van der Waals surface area contributed by atoms with Crippen LogP contribution in [0.4, 0.5) is 0 Å². The Morgan fingerprint density at radius 3 is 2.61 bits per heavy atom.